The number of amides is 3. The number of fused-ring (bicyclic) bond motifs is 1. The van der Waals surface area contributed by atoms with Crippen molar-refractivity contribution in [3.63, 3.8) is 0 Å². The molecular formula is C27H30N2O5. The SMILES string of the molecule is COc1ccc(C2CCCN2C(=O)c2ccc3c(c2)C(=O)N(C2CCCCC2)C3=O)cc1OC. The summed E-state index contributed by atoms with van der Waals surface area (Å²) in [6.45, 7) is 0.635. The van der Waals surface area contributed by atoms with Crippen LogP contribution in [0.1, 0.15) is 87.6 Å². The van der Waals surface area contributed by atoms with Crippen LogP contribution in [0.5, 0.6) is 11.5 Å². The van der Waals surface area contributed by atoms with Gasteiger partial charge in [-0.05, 0) is 61.6 Å². The second-order valence-corrected chi connectivity index (χ2v) is 9.30. The zero-order chi connectivity index (χ0) is 23.8. The molecule has 3 aliphatic rings. The highest BCUT2D eigenvalue weighted by Gasteiger charge is 2.41. The third-order valence-electron chi connectivity index (χ3n) is 7.41. The van der Waals surface area contributed by atoms with Gasteiger partial charge >= 0.3 is 0 Å². The van der Waals surface area contributed by atoms with Crippen LogP contribution in [0.2, 0.25) is 0 Å². The van der Waals surface area contributed by atoms with Gasteiger partial charge in [-0.25, -0.2) is 0 Å². The van der Waals surface area contributed by atoms with Gasteiger partial charge in [-0.1, -0.05) is 25.3 Å². The monoisotopic (exact) mass is 462 g/mol. The second-order valence-electron chi connectivity index (χ2n) is 9.30. The van der Waals surface area contributed by atoms with Gasteiger partial charge in [-0.3, -0.25) is 19.3 Å². The molecule has 2 fully saturated rings. The lowest BCUT2D eigenvalue weighted by Gasteiger charge is -2.29. The molecular weight excluding hydrogens is 432 g/mol. The van der Waals surface area contributed by atoms with Crippen LogP contribution in [0.3, 0.4) is 0 Å². The number of carbonyl (C=O) groups is 3. The third kappa shape index (κ3) is 3.73. The normalized spacial score (nSPS) is 20.6. The maximum Gasteiger partial charge on any atom is 0.261 e. The minimum Gasteiger partial charge on any atom is -0.493 e. The largest absolute Gasteiger partial charge is 0.493 e. The van der Waals surface area contributed by atoms with Gasteiger partial charge in [0.1, 0.15) is 0 Å². The molecule has 5 rings (SSSR count). The fourth-order valence-electron chi connectivity index (χ4n) is 5.65. The summed E-state index contributed by atoms with van der Waals surface area (Å²) in [5, 5.41) is 0. The lowest BCUT2D eigenvalue weighted by molar-refractivity contribution is 0.0548. The van der Waals surface area contributed by atoms with Gasteiger partial charge in [-0.15, -0.1) is 0 Å². The Hall–Kier alpha value is -3.35. The molecule has 0 bridgehead atoms. The first kappa shape index (κ1) is 22.4. The summed E-state index contributed by atoms with van der Waals surface area (Å²) in [4.78, 5) is 43.0. The number of imide groups is 1. The molecule has 1 atom stereocenters. The molecule has 7 heteroatoms. The second kappa shape index (κ2) is 9.12. The zero-order valence-corrected chi connectivity index (χ0v) is 19.7. The van der Waals surface area contributed by atoms with Gasteiger partial charge < -0.3 is 14.4 Å². The van der Waals surface area contributed by atoms with Crippen molar-refractivity contribution in [3.05, 3.63) is 58.7 Å². The molecule has 2 heterocycles. The van der Waals surface area contributed by atoms with Crippen molar-refractivity contribution < 1.29 is 23.9 Å². The molecule has 0 N–H and O–H groups in total. The quantitative estimate of drug-likeness (QED) is 0.607. The van der Waals surface area contributed by atoms with E-state index in [0.717, 1.165) is 50.5 Å². The van der Waals surface area contributed by atoms with Crippen LogP contribution in [0.25, 0.3) is 0 Å². The maximum absolute atomic E-state index is 13.5. The average molecular weight is 463 g/mol. The Morgan fingerprint density at radius 3 is 2.29 bits per heavy atom. The molecule has 3 amide bonds. The molecule has 1 aliphatic carbocycles. The van der Waals surface area contributed by atoms with Gasteiger partial charge in [0.15, 0.2) is 11.5 Å². The summed E-state index contributed by atoms with van der Waals surface area (Å²) in [5.41, 5.74) is 2.19. The zero-order valence-electron chi connectivity index (χ0n) is 19.7. The molecule has 2 aliphatic heterocycles. The van der Waals surface area contributed by atoms with Crippen LogP contribution in [-0.2, 0) is 0 Å². The van der Waals surface area contributed by atoms with E-state index in [1.807, 2.05) is 23.1 Å². The molecule has 2 aromatic rings. The highest BCUT2D eigenvalue weighted by Crippen LogP contribution is 2.38. The van der Waals surface area contributed by atoms with E-state index in [1.54, 1.807) is 32.4 Å². The molecule has 178 valence electrons. The Labute approximate surface area is 199 Å². The van der Waals surface area contributed by atoms with E-state index in [2.05, 4.69) is 0 Å². The average Bonchev–Trinajstić information content (AvgIpc) is 3.46. The van der Waals surface area contributed by atoms with Crippen LogP contribution >= 0.6 is 0 Å². The predicted molar refractivity (Wildman–Crippen MR) is 126 cm³/mol. The van der Waals surface area contributed by atoms with Crippen molar-refractivity contribution in [3.8, 4) is 11.5 Å². The topological polar surface area (TPSA) is 76.2 Å². The van der Waals surface area contributed by atoms with Gasteiger partial charge in [0.25, 0.3) is 17.7 Å². The Morgan fingerprint density at radius 2 is 1.56 bits per heavy atom. The Bertz CT molecular complexity index is 1140. The van der Waals surface area contributed by atoms with Crippen molar-refractivity contribution in [1.82, 2.24) is 9.80 Å². The van der Waals surface area contributed by atoms with Gasteiger partial charge in [0.05, 0.1) is 31.4 Å². The summed E-state index contributed by atoms with van der Waals surface area (Å²) in [5.74, 6) is 0.654. The number of likely N-dealkylation sites (tertiary alicyclic amines) is 1. The van der Waals surface area contributed by atoms with Gasteiger partial charge in [0.2, 0.25) is 0 Å². The van der Waals surface area contributed by atoms with Crippen molar-refractivity contribution >= 4 is 17.7 Å². The van der Waals surface area contributed by atoms with Gasteiger partial charge in [-0.2, -0.15) is 0 Å². The van der Waals surface area contributed by atoms with Crippen molar-refractivity contribution in [2.45, 2.75) is 57.0 Å². The molecule has 7 nitrogen and oxygen atoms in total. The summed E-state index contributed by atoms with van der Waals surface area (Å²) in [6, 6.07) is 10.6. The Kier molecular flexibility index (Phi) is 6.02. The van der Waals surface area contributed by atoms with E-state index < -0.39 is 0 Å². The first-order chi connectivity index (χ1) is 16.5. The predicted octanol–water partition coefficient (Wildman–Crippen LogP) is 4.61. The van der Waals surface area contributed by atoms with Crippen molar-refractivity contribution in [2.24, 2.45) is 0 Å². The number of benzene rings is 2. The van der Waals surface area contributed by atoms with Crippen molar-refractivity contribution in [2.75, 3.05) is 20.8 Å². The smallest absolute Gasteiger partial charge is 0.261 e. The molecule has 0 radical (unpaired) electrons. The molecule has 2 aromatic carbocycles. The minimum absolute atomic E-state index is 0.0340. The highest BCUT2D eigenvalue weighted by molar-refractivity contribution is 6.22. The lowest BCUT2D eigenvalue weighted by atomic mass is 9.94. The minimum atomic E-state index is -0.264. The van der Waals surface area contributed by atoms with E-state index in [4.69, 9.17) is 9.47 Å². The summed E-state index contributed by atoms with van der Waals surface area (Å²) >= 11 is 0. The standard InChI is InChI=1S/C27H30N2O5/c1-33-23-13-11-17(16-24(23)34-2)22-9-6-14-28(22)25(30)18-10-12-20-21(15-18)27(32)29(26(20)31)19-7-4-3-5-8-19/h10-13,15-16,19,22H,3-9,14H2,1-2H3. The molecule has 1 saturated heterocycles. The number of hydrogen-bond donors (Lipinski definition) is 0. The number of carbonyl (C=O) groups excluding carboxylic acids is 3. The van der Waals surface area contributed by atoms with Crippen LogP contribution in [-0.4, -0.2) is 54.3 Å². The number of nitrogens with zero attached hydrogens (tertiary/aromatic N) is 2. The summed E-state index contributed by atoms with van der Waals surface area (Å²) in [6.07, 6.45) is 6.68. The van der Waals surface area contributed by atoms with E-state index in [-0.39, 0.29) is 29.8 Å². The van der Waals surface area contributed by atoms with E-state index >= 15 is 0 Å². The number of methoxy groups -OCH3 is 2. The fraction of sp³-hybridized carbons (Fsp3) is 0.444. The lowest BCUT2D eigenvalue weighted by Crippen LogP contribution is -2.40. The van der Waals surface area contributed by atoms with E-state index in [0.29, 0.717) is 34.7 Å². The molecule has 0 spiro atoms. The van der Waals surface area contributed by atoms with Crippen LogP contribution in [0.15, 0.2) is 36.4 Å². The van der Waals surface area contributed by atoms with Crippen LogP contribution in [0.4, 0.5) is 0 Å². The summed E-state index contributed by atoms with van der Waals surface area (Å²) < 4.78 is 10.8. The van der Waals surface area contributed by atoms with Crippen LogP contribution in [0, 0.1) is 0 Å². The number of hydrogen-bond acceptors (Lipinski definition) is 5. The first-order valence-corrected chi connectivity index (χ1v) is 12.1. The number of rotatable bonds is 5. The molecule has 1 unspecified atom stereocenters. The maximum atomic E-state index is 13.5. The highest BCUT2D eigenvalue weighted by atomic mass is 16.5. The molecule has 0 aromatic heterocycles. The first-order valence-electron chi connectivity index (χ1n) is 12.1. The fourth-order valence-corrected chi connectivity index (χ4v) is 5.65. The third-order valence-corrected chi connectivity index (χ3v) is 7.41. The molecule has 34 heavy (non-hydrogen) atoms. The Balaban J connectivity index is 1.40. The van der Waals surface area contributed by atoms with E-state index in [1.165, 1.54) is 4.90 Å². The van der Waals surface area contributed by atoms with Crippen molar-refractivity contribution in [1.29, 1.82) is 0 Å². The van der Waals surface area contributed by atoms with Gasteiger partial charge in [0, 0.05) is 18.2 Å². The Morgan fingerprint density at radius 1 is 0.824 bits per heavy atom. The van der Waals surface area contributed by atoms with E-state index in [9.17, 15) is 14.4 Å². The van der Waals surface area contributed by atoms with Crippen LogP contribution < -0.4 is 9.47 Å². The number of ether oxygens (including phenoxy) is 2. The summed E-state index contributed by atoms with van der Waals surface area (Å²) in [7, 11) is 3.19. The molecule has 1 saturated carbocycles.